The first-order valence-corrected chi connectivity index (χ1v) is 8.41. The average molecular weight is 345 g/mol. The molecule has 1 fully saturated rings. The fraction of sp³-hybridized carbons (Fsp3) is 0.357. The molecule has 0 amide bonds. The van der Waals surface area contributed by atoms with E-state index in [-0.39, 0.29) is 12.3 Å². The fourth-order valence-corrected chi connectivity index (χ4v) is 4.20. The molecule has 9 heteroatoms. The molecule has 0 saturated carbocycles. The fourth-order valence-electron chi connectivity index (χ4n) is 2.70. The van der Waals surface area contributed by atoms with E-state index in [0.29, 0.717) is 6.42 Å². The van der Waals surface area contributed by atoms with Crippen molar-refractivity contribution in [2.24, 2.45) is 0 Å². The van der Waals surface area contributed by atoms with Crippen LogP contribution in [-0.2, 0) is 25.2 Å². The lowest BCUT2D eigenvalue weighted by atomic mass is 9.91. The van der Waals surface area contributed by atoms with Crippen LogP contribution >= 0.6 is 0 Å². The Labute approximate surface area is 131 Å². The minimum absolute atomic E-state index is 0.0384. The van der Waals surface area contributed by atoms with Crippen LogP contribution in [0.4, 0.5) is 8.78 Å². The molecule has 1 unspecified atom stereocenters. The number of rotatable bonds is 2. The normalized spacial score (nSPS) is 26.7. The Morgan fingerprint density at radius 2 is 2.04 bits per heavy atom. The van der Waals surface area contributed by atoms with Crippen molar-refractivity contribution in [2.45, 2.75) is 18.9 Å². The summed E-state index contributed by atoms with van der Waals surface area (Å²) in [6, 6.07) is 3.21. The highest BCUT2D eigenvalue weighted by Gasteiger charge is 2.52. The molecule has 0 radical (unpaired) electrons. The van der Waals surface area contributed by atoms with E-state index < -0.39 is 50.2 Å². The molecule has 1 N–H and O–H groups in total. The van der Waals surface area contributed by atoms with E-state index in [1.807, 2.05) is 0 Å². The lowest BCUT2D eigenvalue weighted by Gasteiger charge is -2.26. The van der Waals surface area contributed by atoms with Crippen LogP contribution < -0.4 is 0 Å². The Morgan fingerprint density at radius 3 is 2.65 bits per heavy atom. The topological polar surface area (TPSA) is 83.9 Å². The van der Waals surface area contributed by atoms with Gasteiger partial charge in [-0.15, -0.1) is 0 Å². The SMILES string of the molecule is CC1(c2cccc(F)c2F)OC(N2CCCS2(=O)=O)=C(O)C1=O. The maximum atomic E-state index is 14.0. The zero-order chi connectivity index (χ0) is 17.0. The second-order valence-electron chi connectivity index (χ2n) is 5.46. The Balaban J connectivity index is 2.06. The number of aliphatic hydroxyl groups is 1. The Bertz CT molecular complexity index is 836. The van der Waals surface area contributed by atoms with Crippen molar-refractivity contribution >= 4 is 15.8 Å². The molecule has 0 spiro atoms. The van der Waals surface area contributed by atoms with Gasteiger partial charge in [-0.2, -0.15) is 0 Å². The van der Waals surface area contributed by atoms with Crippen molar-refractivity contribution in [1.82, 2.24) is 4.31 Å². The first kappa shape index (κ1) is 15.7. The van der Waals surface area contributed by atoms with E-state index in [1.165, 1.54) is 6.07 Å². The molecule has 1 aromatic carbocycles. The number of aliphatic hydroxyl groups excluding tert-OH is 1. The second kappa shape index (κ2) is 4.92. The number of hydrogen-bond acceptors (Lipinski definition) is 5. The van der Waals surface area contributed by atoms with Gasteiger partial charge in [0, 0.05) is 12.1 Å². The van der Waals surface area contributed by atoms with Gasteiger partial charge in [-0.25, -0.2) is 21.5 Å². The summed E-state index contributed by atoms with van der Waals surface area (Å²) in [4.78, 5) is 12.3. The van der Waals surface area contributed by atoms with Crippen LogP contribution in [0.2, 0.25) is 0 Å². The number of nitrogens with zero attached hydrogens (tertiary/aromatic N) is 1. The molecular weight excluding hydrogens is 332 g/mol. The zero-order valence-electron chi connectivity index (χ0n) is 12.0. The van der Waals surface area contributed by atoms with E-state index in [4.69, 9.17) is 4.74 Å². The number of Topliss-reactive ketones (excluding diaryl/α,β-unsaturated/α-hetero) is 1. The second-order valence-corrected chi connectivity index (χ2v) is 7.47. The standard InChI is InChI=1S/C14H13F2NO5S/c1-14(8-4-2-5-9(15)10(8)16)12(19)11(18)13(22-14)17-6-3-7-23(17,20)21/h2,4-5,18H,3,6-7H2,1H3. The Kier molecular flexibility index (Phi) is 3.36. The van der Waals surface area contributed by atoms with E-state index in [2.05, 4.69) is 0 Å². The van der Waals surface area contributed by atoms with E-state index >= 15 is 0 Å². The van der Waals surface area contributed by atoms with Gasteiger partial charge in [0.25, 0.3) is 11.7 Å². The first-order chi connectivity index (χ1) is 10.7. The summed E-state index contributed by atoms with van der Waals surface area (Å²) in [5, 5.41) is 9.99. The van der Waals surface area contributed by atoms with Crippen LogP contribution in [-0.4, -0.2) is 35.9 Å². The number of benzene rings is 1. The zero-order valence-corrected chi connectivity index (χ0v) is 12.9. The summed E-state index contributed by atoms with van der Waals surface area (Å²) in [6.07, 6.45) is 0.307. The molecule has 3 rings (SSSR count). The third-order valence-corrected chi connectivity index (χ3v) is 5.77. The van der Waals surface area contributed by atoms with Crippen LogP contribution in [0.5, 0.6) is 0 Å². The quantitative estimate of drug-likeness (QED) is 0.879. The van der Waals surface area contributed by atoms with Gasteiger partial charge in [0.2, 0.25) is 21.4 Å². The number of carbonyl (C=O) groups excluding carboxylic acids is 1. The van der Waals surface area contributed by atoms with Crippen molar-refractivity contribution in [3.05, 3.63) is 47.0 Å². The van der Waals surface area contributed by atoms with Crippen LogP contribution in [0.1, 0.15) is 18.9 Å². The molecule has 1 saturated heterocycles. The molecule has 124 valence electrons. The smallest absolute Gasteiger partial charge is 0.252 e. The summed E-state index contributed by atoms with van der Waals surface area (Å²) in [5.41, 5.74) is -2.45. The van der Waals surface area contributed by atoms with Crippen molar-refractivity contribution < 1.29 is 31.8 Å². The maximum absolute atomic E-state index is 14.0. The van der Waals surface area contributed by atoms with Gasteiger partial charge in [-0.3, -0.25) is 4.79 Å². The lowest BCUT2D eigenvalue weighted by molar-refractivity contribution is -0.132. The largest absolute Gasteiger partial charge is 0.501 e. The van der Waals surface area contributed by atoms with E-state index in [1.54, 1.807) is 0 Å². The van der Waals surface area contributed by atoms with Crippen molar-refractivity contribution in [3.63, 3.8) is 0 Å². The number of ether oxygens (including phenoxy) is 1. The molecule has 2 aliphatic rings. The summed E-state index contributed by atoms with van der Waals surface area (Å²) in [6.45, 7) is 1.19. The number of carbonyl (C=O) groups is 1. The molecule has 1 aromatic rings. The molecule has 0 aromatic heterocycles. The maximum Gasteiger partial charge on any atom is 0.252 e. The molecule has 0 aliphatic carbocycles. The van der Waals surface area contributed by atoms with Gasteiger partial charge in [0.05, 0.1) is 5.75 Å². The van der Waals surface area contributed by atoms with Gasteiger partial charge < -0.3 is 9.84 Å². The molecule has 2 heterocycles. The molecular formula is C14H13F2NO5S. The van der Waals surface area contributed by atoms with Crippen molar-refractivity contribution in [3.8, 4) is 0 Å². The summed E-state index contributed by atoms with van der Waals surface area (Å²) in [7, 11) is -3.71. The highest BCUT2D eigenvalue weighted by atomic mass is 32.2. The van der Waals surface area contributed by atoms with Crippen molar-refractivity contribution in [2.75, 3.05) is 12.3 Å². The lowest BCUT2D eigenvalue weighted by Crippen LogP contribution is -2.34. The van der Waals surface area contributed by atoms with Crippen LogP contribution in [0.15, 0.2) is 29.8 Å². The summed E-state index contributed by atoms with van der Waals surface area (Å²) < 4.78 is 57.4. The highest BCUT2D eigenvalue weighted by molar-refractivity contribution is 7.89. The summed E-state index contributed by atoms with van der Waals surface area (Å²) >= 11 is 0. The predicted octanol–water partition coefficient (Wildman–Crippen LogP) is 1.54. The van der Waals surface area contributed by atoms with E-state index in [9.17, 15) is 27.1 Å². The molecule has 2 aliphatic heterocycles. The van der Waals surface area contributed by atoms with Gasteiger partial charge in [0.1, 0.15) is 0 Å². The molecule has 0 bridgehead atoms. The van der Waals surface area contributed by atoms with Crippen LogP contribution in [0, 0.1) is 11.6 Å². The average Bonchev–Trinajstić information content (AvgIpc) is 2.94. The third kappa shape index (κ3) is 2.18. The van der Waals surface area contributed by atoms with Crippen LogP contribution in [0.3, 0.4) is 0 Å². The third-order valence-electron chi connectivity index (χ3n) is 3.94. The molecule has 23 heavy (non-hydrogen) atoms. The van der Waals surface area contributed by atoms with Crippen LogP contribution in [0.25, 0.3) is 0 Å². The molecule has 1 atom stereocenters. The van der Waals surface area contributed by atoms with Gasteiger partial charge >= 0.3 is 0 Å². The minimum Gasteiger partial charge on any atom is -0.501 e. The van der Waals surface area contributed by atoms with E-state index in [0.717, 1.165) is 23.4 Å². The minimum atomic E-state index is -3.71. The number of halogens is 2. The van der Waals surface area contributed by atoms with Gasteiger partial charge in [-0.1, -0.05) is 12.1 Å². The molecule has 6 nitrogen and oxygen atoms in total. The van der Waals surface area contributed by atoms with Gasteiger partial charge in [0.15, 0.2) is 11.6 Å². The number of hydrogen-bond donors (Lipinski definition) is 1. The predicted molar refractivity (Wildman–Crippen MR) is 74.6 cm³/mol. The summed E-state index contributed by atoms with van der Waals surface area (Å²) in [5.74, 6) is -5.10. The monoisotopic (exact) mass is 345 g/mol. The Morgan fingerprint density at radius 1 is 1.35 bits per heavy atom. The first-order valence-electron chi connectivity index (χ1n) is 6.80. The van der Waals surface area contributed by atoms with Crippen molar-refractivity contribution in [1.29, 1.82) is 0 Å². The number of sulfonamides is 1. The number of ketones is 1. The van der Waals surface area contributed by atoms with Gasteiger partial charge in [-0.05, 0) is 19.4 Å². The highest BCUT2D eigenvalue weighted by Crippen LogP contribution is 2.41. The Hall–Kier alpha value is -2.16.